The van der Waals surface area contributed by atoms with Gasteiger partial charge in [-0.05, 0) is 24.1 Å². The third-order valence-electron chi connectivity index (χ3n) is 3.75. The van der Waals surface area contributed by atoms with Crippen LogP contribution in [0.2, 0.25) is 0 Å². The van der Waals surface area contributed by atoms with Crippen LogP contribution in [-0.2, 0) is 0 Å². The van der Waals surface area contributed by atoms with E-state index < -0.39 is 0 Å². The van der Waals surface area contributed by atoms with Crippen molar-refractivity contribution in [3.63, 3.8) is 0 Å². The van der Waals surface area contributed by atoms with Gasteiger partial charge >= 0.3 is 0 Å². The van der Waals surface area contributed by atoms with Gasteiger partial charge in [0.25, 0.3) is 5.91 Å². The maximum absolute atomic E-state index is 12.4. The Kier molecular flexibility index (Phi) is 4.29. The van der Waals surface area contributed by atoms with Crippen molar-refractivity contribution in [2.75, 3.05) is 0 Å². The smallest absolute Gasteiger partial charge is 0.257 e. The average molecular weight is 310 g/mol. The lowest BCUT2D eigenvalue weighted by atomic mass is 10.1. The maximum Gasteiger partial charge on any atom is 0.257 e. The van der Waals surface area contributed by atoms with Crippen LogP contribution in [0.5, 0.6) is 0 Å². The highest BCUT2D eigenvalue weighted by Crippen LogP contribution is 2.36. The molecule has 0 spiro atoms. The molecule has 0 aliphatic carbocycles. The molecule has 2 unspecified atom stereocenters. The molecule has 1 aliphatic rings. The number of aliphatic imine (C=N–C) groups is 1. The minimum atomic E-state index is -0.0924. The zero-order valence-corrected chi connectivity index (χ0v) is 13.4. The van der Waals surface area contributed by atoms with Gasteiger partial charge in [-0.2, -0.15) is 0 Å². The second-order valence-corrected chi connectivity index (χ2v) is 6.75. The number of nitrogens with one attached hydrogen (secondary N) is 1. The van der Waals surface area contributed by atoms with Gasteiger partial charge in [0.1, 0.15) is 0 Å². The summed E-state index contributed by atoms with van der Waals surface area (Å²) in [5, 5.41) is 3.96. The predicted molar refractivity (Wildman–Crippen MR) is 92.3 cm³/mol. The summed E-state index contributed by atoms with van der Waals surface area (Å²) in [5.41, 5.74) is 2.85. The number of rotatable bonds is 2. The minimum absolute atomic E-state index is 0.0924. The zero-order valence-electron chi connectivity index (χ0n) is 12.6. The fourth-order valence-corrected chi connectivity index (χ4v) is 3.58. The molecule has 0 saturated carbocycles. The molecule has 2 aromatic rings. The lowest BCUT2D eigenvalue weighted by molar-refractivity contribution is 0.0977. The quantitative estimate of drug-likeness (QED) is 0.912. The van der Waals surface area contributed by atoms with Gasteiger partial charge < -0.3 is 5.32 Å². The number of carbonyl (C=O) groups is 1. The molecule has 0 saturated heterocycles. The molecule has 2 atom stereocenters. The van der Waals surface area contributed by atoms with E-state index >= 15 is 0 Å². The van der Waals surface area contributed by atoms with Crippen molar-refractivity contribution in [1.82, 2.24) is 5.32 Å². The lowest BCUT2D eigenvalue weighted by Crippen LogP contribution is -2.28. The molecule has 112 valence electrons. The molecule has 0 radical (unpaired) electrons. The molecule has 3 rings (SSSR count). The summed E-state index contributed by atoms with van der Waals surface area (Å²) in [5.74, 6) is -0.0924. The maximum atomic E-state index is 12.4. The number of hydrogen-bond acceptors (Lipinski definition) is 3. The molecular weight excluding hydrogens is 292 g/mol. The minimum Gasteiger partial charge on any atom is -0.301 e. The highest BCUT2D eigenvalue weighted by atomic mass is 32.2. The van der Waals surface area contributed by atoms with Crippen LogP contribution in [0, 0.1) is 6.92 Å². The van der Waals surface area contributed by atoms with E-state index in [0.29, 0.717) is 16.0 Å². The molecule has 1 N–H and O–H groups in total. The molecule has 3 nitrogen and oxygen atoms in total. The first-order chi connectivity index (χ1) is 10.6. The monoisotopic (exact) mass is 310 g/mol. The zero-order chi connectivity index (χ0) is 15.5. The van der Waals surface area contributed by atoms with Crippen LogP contribution in [0.4, 0.5) is 0 Å². The van der Waals surface area contributed by atoms with Crippen LogP contribution in [-0.4, -0.2) is 16.3 Å². The molecule has 1 heterocycles. The SMILES string of the molecule is Cc1ccccc1C(=O)NC1=NC(c2ccccc2)C(C)S1. The number of amides is 1. The van der Waals surface area contributed by atoms with E-state index in [0.717, 1.165) is 5.56 Å². The van der Waals surface area contributed by atoms with Crippen LogP contribution in [0.3, 0.4) is 0 Å². The lowest BCUT2D eigenvalue weighted by Gasteiger charge is -2.11. The Balaban J connectivity index is 1.76. The number of amidine groups is 1. The molecule has 1 amide bonds. The number of nitrogens with zero attached hydrogens (tertiary/aromatic N) is 1. The number of thioether (sulfide) groups is 1. The highest BCUT2D eigenvalue weighted by molar-refractivity contribution is 8.14. The Morgan fingerprint density at radius 1 is 1.09 bits per heavy atom. The summed E-state index contributed by atoms with van der Waals surface area (Å²) < 4.78 is 0. The van der Waals surface area contributed by atoms with Gasteiger partial charge in [-0.3, -0.25) is 9.79 Å². The van der Waals surface area contributed by atoms with Crippen LogP contribution in [0.25, 0.3) is 0 Å². The number of carbonyl (C=O) groups excluding carboxylic acids is 1. The van der Waals surface area contributed by atoms with E-state index in [1.54, 1.807) is 11.8 Å². The fourth-order valence-electron chi connectivity index (χ4n) is 2.55. The van der Waals surface area contributed by atoms with Gasteiger partial charge in [0.15, 0.2) is 5.17 Å². The third-order valence-corrected chi connectivity index (χ3v) is 4.81. The first kappa shape index (κ1) is 14.9. The number of aryl methyl sites for hydroxylation is 1. The molecule has 0 fully saturated rings. The number of benzene rings is 2. The Morgan fingerprint density at radius 2 is 1.77 bits per heavy atom. The summed E-state index contributed by atoms with van der Waals surface area (Å²) in [7, 11) is 0. The topological polar surface area (TPSA) is 41.5 Å². The first-order valence-corrected chi connectivity index (χ1v) is 8.19. The van der Waals surface area contributed by atoms with Crippen molar-refractivity contribution in [3.8, 4) is 0 Å². The normalized spacial score (nSPS) is 20.5. The Morgan fingerprint density at radius 3 is 2.50 bits per heavy atom. The Labute approximate surface area is 134 Å². The van der Waals surface area contributed by atoms with E-state index in [1.165, 1.54) is 5.56 Å². The van der Waals surface area contributed by atoms with Crippen molar-refractivity contribution in [3.05, 3.63) is 71.3 Å². The number of hydrogen-bond donors (Lipinski definition) is 1. The van der Waals surface area contributed by atoms with Crippen LogP contribution >= 0.6 is 11.8 Å². The van der Waals surface area contributed by atoms with Crippen molar-refractivity contribution in [2.24, 2.45) is 4.99 Å². The second kappa shape index (κ2) is 6.36. The Hall–Kier alpha value is -2.07. The summed E-state index contributed by atoms with van der Waals surface area (Å²) in [4.78, 5) is 17.0. The molecule has 2 aromatic carbocycles. The van der Waals surface area contributed by atoms with Gasteiger partial charge in [-0.25, -0.2) is 0 Å². The van der Waals surface area contributed by atoms with E-state index in [1.807, 2.05) is 49.4 Å². The molecule has 0 bridgehead atoms. The average Bonchev–Trinajstić information content (AvgIpc) is 2.89. The summed E-state index contributed by atoms with van der Waals surface area (Å²) in [6, 6.07) is 17.9. The Bertz CT molecular complexity index is 712. The van der Waals surface area contributed by atoms with E-state index in [4.69, 9.17) is 0 Å². The fraction of sp³-hybridized carbons (Fsp3) is 0.222. The van der Waals surface area contributed by atoms with E-state index in [-0.39, 0.29) is 11.9 Å². The highest BCUT2D eigenvalue weighted by Gasteiger charge is 2.28. The van der Waals surface area contributed by atoms with E-state index in [2.05, 4.69) is 29.4 Å². The van der Waals surface area contributed by atoms with E-state index in [9.17, 15) is 4.79 Å². The van der Waals surface area contributed by atoms with Gasteiger partial charge in [-0.15, -0.1) is 0 Å². The first-order valence-electron chi connectivity index (χ1n) is 7.31. The molecule has 4 heteroatoms. The standard InChI is InChI=1S/C18H18N2OS/c1-12-8-6-7-11-15(12)17(21)20-18-19-16(13(2)22-18)14-9-4-3-5-10-14/h3-11,13,16H,1-2H3,(H,19,20,21). The van der Waals surface area contributed by atoms with Gasteiger partial charge in [0, 0.05) is 10.8 Å². The molecule has 22 heavy (non-hydrogen) atoms. The summed E-state index contributed by atoms with van der Waals surface area (Å²) >= 11 is 1.62. The largest absolute Gasteiger partial charge is 0.301 e. The second-order valence-electron chi connectivity index (χ2n) is 5.38. The van der Waals surface area contributed by atoms with Crippen molar-refractivity contribution in [2.45, 2.75) is 25.1 Å². The van der Waals surface area contributed by atoms with Crippen LogP contribution in [0.1, 0.15) is 34.5 Å². The van der Waals surface area contributed by atoms with Crippen LogP contribution in [0.15, 0.2) is 59.6 Å². The van der Waals surface area contributed by atoms with Crippen LogP contribution < -0.4 is 5.32 Å². The molecule has 0 aromatic heterocycles. The molecular formula is C18H18N2OS. The van der Waals surface area contributed by atoms with Crippen molar-refractivity contribution in [1.29, 1.82) is 0 Å². The van der Waals surface area contributed by atoms with Gasteiger partial charge in [-0.1, -0.05) is 67.2 Å². The van der Waals surface area contributed by atoms with Crippen molar-refractivity contribution < 1.29 is 4.79 Å². The van der Waals surface area contributed by atoms with Gasteiger partial charge in [0.2, 0.25) is 0 Å². The van der Waals surface area contributed by atoms with Crippen molar-refractivity contribution >= 4 is 22.8 Å². The predicted octanol–water partition coefficient (Wildman–Crippen LogP) is 3.96. The molecule has 1 aliphatic heterocycles. The summed E-state index contributed by atoms with van der Waals surface area (Å²) in [6.45, 7) is 4.08. The van der Waals surface area contributed by atoms with Gasteiger partial charge in [0.05, 0.1) is 6.04 Å². The summed E-state index contributed by atoms with van der Waals surface area (Å²) in [6.07, 6.45) is 0. The third kappa shape index (κ3) is 3.07.